The Hall–Kier alpha value is -1.53. The van der Waals surface area contributed by atoms with Gasteiger partial charge in [0, 0.05) is 0 Å². The van der Waals surface area contributed by atoms with Crippen LogP contribution in [0.4, 0.5) is 0 Å². The fraction of sp³-hybridized carbons (Fsp3) is 0.300. The molecule has 0 saturated carbocycles. The third kappa shape index (κ3) is 1.79. The van der Waals surface area contributed by atoms with Gasteiger partial charge in [0.25, 0.3) is 0 Å². The van der Waals surface area contributed by atoms with Gasteiger partial charge in [-0.3, -0.25) is 0 Å². The van der Waals surface area contributed by atoms with Crippen LogP contribution < -0.4 is 5.73 Å². The Morgan fingerprint density at radius 1 is 1.54 bits per heavy atom. The smallest absolute Gasteiger partial charge is 0.127 e. The van der Waals surface area contributed by atoms with Crippen LogP contribution >= 0.6 is 0 Å². The first-order valence-corrected chi connectivity index (χ1v) is 3.97. The standard InChI is InChI=1S/C10H12N2O/c1-7-5-8(13)3-4-9(7)10(2,12)6-11/h3-5,13H,12H2,1-2H3/t10-/m1/s1. The number of hydrogen-bond acceptors (Lipinski definition) is 3. The van der Waals surface area contributed by atoms with Gasteiger partial charge in [-0.25, -0.2) is 0 Å². The number of benzene rings is 1. The highest BCUT2D eigenvalue weighted by Gasteiger charge is 2.22. The number of nitriles is 1. The van der Waals surface area contributed by atoms with E-state index in [1.165, 1.54) is 6.07 Å². The molecule has 0 heterocycles. The van der Waals surface area contributed by atoms with Crippen molar-refractivity contribution < 1.29 is 5.11 Å². The molecule has 1 atom stereocenters. The SMILES string of the molecule is Cc1cc(O)ccc1[C@](C)(N)C#N. The molecule has 0 spiro atoms. The van der Waals surface area contributed by atoms with Crippen molar-refractivity contribution in [3.63, 3.8) is 0 Å². The molecule has 3 heteroatoms. The molecule has 1 aromatic rings. The van der Waals surface area contributed by atoms with Crippen LogP contribution in [0, 0.1) is 18.3 Å². The summed E-state index contributed by atoms with van der Waals surface area (Å²) in [6.45, 7) is 3.46. The van der Waals surface area contributed by atoms with Gasteiger partial charge in [-0.05, 0) is 37.1 Å². The minimum atomic E-state index is -0.988. The van der Waals surface area contributed by atoms with Crippen LogP contribution in [-0.2, 0) is 5.54 Å². The molecule has 0 aromatic heterocycles. The highest BCUT2D eigenvalue weighted by molar-refractivity contribution is 5.40. The molecule has 1 aromatic carbocycles. The second-order valence-corrected chi connectivity index (χ2v) is 3.31. The predicted octanol–water partition coefficient (Wildman–Crippen LogP) is 1.40. The van der Waals surface area contributed by atoms with E-state index in [2.05, 4.69) is 0 Å². The van der Waals surface area contributed by atoms with Crippen molar-refractivity contribution in [2.75, 3.05) is 0 Å². The van der Waals surface area contributed by atoms with Crippen molar-refractivity contribution in [3.8, 4) is 11.8 Å². The van der Waals surface area contributed by atoms with Crippen LogP contribution in [-0.4, -0.2) is 5.11 Å². The number of aryl methyl sites for hydroxylation is 1. The van der Waals surface area contributed by atoms with Crippen molar-refractivity contribution in [1.82, 2.24) is 0 Å². The van der Waals surface area contributed by atoms with Crippen LogP contribution in [0.3, 0.4) is 0 Å². The van der Waals surface area contributed by atoms with Crippen molar-refractivity contribution in [2.45, 2.75) is 19.4 Å². The molecule has 3 nitrogen and oxygen atoms in total. The number of rotatable bonds is 1. The minimum absolute atomic E-state index is 0.190. The van der Waals surface area contributed by atoms with Crippen LogP contribution in [0.2, 0.25) is 0 Å². The van der Waals surface area contributed by atoms with Gasteiger partial charge in [0.1, 0.15) is 11.3 Å². The van der Waals surface area contributed by atoms with E-state index in [-0.39, 0.29) is 5.75 Å². The molecule has 0 unspecified atom stereocenters. The van der Waals surface area contributed by atoms with Gasteiger partial charge in [-0.1, -0.05) is 6.07 Å². The highest BCUT2D eigenvalue weighted by Crippen LogP contribution is 2.23. The maximum atomic E-state index is 9.15. The van der Waals surface area contributed by atoms with Crippen molar-refractivity contribution in [3.05, 3.63) is 29.3 Å². The maximum Gasteiger partial charge on any atom is 0.127 e. The van der Waals surface area contributed by atoms with E-state index in [1.54, 1.807) is 19.1 Å². The fourth-order valence-electron chi connectivity index (χ4n) is 1.29. The second-order valence-electron chi connectivity index (χ2n) is 3.31. The Morgan fingerprint density at radius 2 is 2.15 bits per heavy atom. The van der Waals surface area contributed by atoms with Crippen molar-refractivity contribution >= 4 is 0 Å². The van der Waals surface area contributed by atoms with Gasteiger partial charge in [0.2, 0.25) is 0 Å². The topological polar surface area (TPSA) is 70.0 Å². The number of aromatic hydroxyl groups is 1. The lowest BCUT2D eigenvalue weighted by Gasteiger charge is -2.18. The van der Waals surface area contributed by atoms with E-state index in [0.29, 0.717) is 0 Å². The summed E-state index contributed by atoms with van der Waals surface area (Å²) in [5.41, 5.74) is 6.33. The van der Waals surface area contributed by atoms with E-state index in [9.17, 15) is 0 Å². The highest BCUT2D eigenvalue weighted by atomic mass is 16.3. The average molecular weight is 176 g/mol. The lowest BCUT2D eigenvalue weighted by atomic mass is 9.91. The Labute approximate surface area is 77.4 Å². The molecule has 0 amide bonds. The molecular formula is C10H12N2O. The van der Waals surface area contributed by atoms with Gasteiger partial charge in [-0.15, -0.1) is 0 Å². The first-order chi connectivity index (χ1) is 5.97. The molecule has 0 aliphatic heterocycles. The zero-order valence-electron chi connectivity index (χ0n) is 7.70. The lowest BCUT2D eigenvalue weighted by Crippen LogP contribution is -2.31. The summed E-state index contributed by atoms with van der Waals surface area (Å²) in [7, 11) is 0. The number of nitrogens with two attached hydrogens (primary N) is 1. The molecule has 0 aliphatic rings. The third-order valence-corrected chi connectivity index (χ3v) is 2.00. The van der Waals surface area contributed by atoms with E-state index < -0.39 is 5.54 Å². The molecule has 0 fully saturated rings. The van der Waals surface area contributed by atoms with E-state index >= 15 is 0 Å². The number of phenolic OH excluding ortho intramolecular Hbond substituents is 1. The van der Waals surface area contributed by atoms with Crippen LogP contribution in [0.15, 0.2) is 18.2 Å². The van der Waals surface area contributed by atoms with E-state index in [0.717, 1.165) is 11.1 Å². The summed E-state index contributed by atoms with van der Waals surface area (Å²) in [4.78, 5) is 0. The van der Waals surface area contributed by atoms with Gasteiger partial charge < -0.3 is 10.8 Å². The van der Waals surface area contributed by atoms with Crippen LogP contribution in [0.5, 0.6) is 5.75 Å². The van der Waals surface area contributed by atoms with Gasteiger partial charge in [-0.2, -0.15) is 5.26 Å². The van der Waals surface area contributed by atoms with Crippen LogP contribution in [0.1, 0.15) is 18.1 Å². The van der Waals surface area contributed by atoms with Gasteiger partial charge in [0.15, 0.2) is 0 Å². The van der Waals surface area contributed by atoms with Crippen LogP contribution in [0.25, 0.3) is 0 Å². The summed E-state index contributed by atoms with van der Waals surface area (Å²) in [5, 5.41) is 18.0. The molecular weight excluding hydrogens is 164 g/mol. The van der Waals surface area contributed by atoms with E-state index in [4.69, 9.17) is 16.1 Å². The van der Waals surface area contributed by atoms with E-state index in [1.807, 2.05) is 13.0 Å². The molecule has 0 aliphatic carbocycles. The summed E-state index contributed by atoms with van der Waals surface area (Å²) in [6.07, 6.45) is 0. The van der Waals surface area contributed by atoms with Crippen molar-refractivity contribution in [2.24, 2.45) is 5.73 Å². The first-order valence-electron chi connectivity index (χ1n) is 3.97. The first kappa shape index (κ1) is 9.56. The molecule has 68 valence electrons. The summed E-state index contributed by atoms with van der Waals surface area (Å²) >= 11 is 0. The zero-order valence-corrected chi connectivity index (χ0v) is 7.70. The second kappa shape index (κ2) is 3.08. The quantitative estimate of drug-likeness (QED) is 0.679. The Balaban J connectivity index is 3.26. The zero-order chi connectivity index (χ0) is 10.1. The fourth-order valence-corrected chi connectivity index (χ4v) is 1.29. The molecule has 0 bridgehead atoms. The summed E-state index contributed by atoms with van der Waals surface area (Å²) in [5.74, 6) is 0.190. The summed E-state index contributed by atoms with van der Waals surface area (Å²) in [6, 6.07) is 6.82. The third-order valence-electron chi connectivity index (χ3n) is 2.00. The van der Waals surface area contributed by atoms with Gasteiger partial charge in [0.05, 0.1) is 6.07 Å². The average Bonchev–Trinajstić information content (AvgIpc) is 2.03. The number of hydrogen-bond donors (Lipinski definition) is 2. The lowest BCUT2D eigenvalue weighted by molar-refractivity contribution is 0.474. The maximum absolute atomic E-state index is 9.15. The predicted molar refractivity (Wildman–Crippen MR) is 50.0 cm³/mol. The largest absolute Gasteiger partial charge is 0.508 e. The molecule has 0 saturated heterocycles. The monoisotopic (exact) mass is 176 g/mol. The number of nitrogens with zero attached hydrogens (tertiary/aromatic N) is 1. The molecule has 13 heavy (non-hydrogen) atoms. The Kier molecular flexibility index (Phi) is 2.26. The van der Waals surface area contributed by atoms with Crippen molar-refractivity contribution in [1.29, 1.82) is 5.26 Å². The molecule has 0 radical (unpaired) electrons. The molecule has 1 rings (SSSR count). The molecule has 3 N–H and O–H groups in total. The Morgan fingerprint density at radius 3 is 2.62 bits per heavy atom. The Bertz CT molecular complexity index is 364. The normalized spacial score (nSPS) is 14.6. The summed E-state index contributed by atoms with van der Waals surface area (Å²) < 4.78 is 0. The minimum Gasteiger partial charge on any atom is -0.508 e. The number of phenols is 1. The van der Waals surface area contributed by atoms with Gasteiger partial charge >= 0.3 is 0 Å².